The summed E-state index contributed by atoms with van der Waals surface area (Å²) in [5.74, 6) is -0.451. The van der Waals surface area contributed by atoms with Crippen LogP contribution in [0.5, 0.6) is 0 Å². The fraction of sp³-hybridized carbons (Fsp3) is 1.00. The first-order valence-electron chi connectivity index (χ1n) is 5.21. The summed E-state index contributed by atoms with van der Waals surface area (Å²) in [4.78, 5) is 0. The quantitative estimate of drug-likeness (QED) is 0.685. The molecule has 1 heterocycles. The van der Waals surface area contributed by atoms with E-state index >= 15 is 0 Å². The fourth-order valence-electron chi connectivity index (χ4n) is 1.97. The molecule has 2 atom stereocenters. The summed E-state index contributed by atoms with van der Waals surface area (Å²) in [5, 5.41) is 18.1. The second kappa shape index (κ2) is 5.07. The summed E-state index contributed by atoms with van der Waals surface area (Å²) < 4.78 is 11.2. The van der Waals surface area contributed by atoms with Gasteiger partial charge in [0.25, 0.3) is 0 Å². The van der Waals surface area contributed by atoms with Crippen molar-refractivity contribution in [3.63, 3.8) is 0 Å². The number of aliphatic hydroxyl groups is 2. The van der Waals surface area contributed by atoms with Crippen LogP contribution in [0.4, 0.5) is 0 Å². The molecule has 1 rings (SSSR count). The maximum absolute atomic E-state index is 9.34. The average Bonchev–Trinajstić information content (AvgIpc) is 2.67. The van der Waals surface area contributed by atoms with Crippen LogP contribution >= 0.6 is 0 Å². The van der Waals surface area contributed by atoms with E-state index in [-0.39, 0.29) is 12.5 Å². The van der Waals surface area contributed by atoms with E-state index in [1.54, 1.807) is 0 Å². The van der Waals surface area contributed by atoms with Gasteiger partial charge in [-0.05, 0) is 12.8 Å². The Morgan fingerprint density at radius 2 is 1.93 bits per heavy atom. The number of hydrogen-bond donors (Lipinski definition) is 2. The lowest BCUT2D eigenvalue weighted by atomic mass is 9.92. The van der Waals surface area contributed by atoms with E-state index in [4.69, 9.17) is 14.6 Å². The first-order chi connectivity index (χ1) is 6.64. The highest BCUT2D eigenvalue weighted by Crippen LogP contribution is 2.33. The molecule has 1 fully saturated rings. The lowest BCUT2D eigenvalue weighted by Gasteiger charge is -2.33. The Kier molecular flexibility index (Phi) is 4.31. The van der Waals surface area contributed by atoms with E-state index in [9.17, 15) is 5.11 Å². The molecular weight excluding hydrogens is 184 g/mol. The zero-order chi connectivity index (χ0) is 10.6. The van der Waals surface area contributed by atoms with Gasteiger partial charge in [0.2, 0.25) is 0 Å². The van der Waals surface area contributed by atoms with E-state index in [2.05, 4.69) is 0 Å². The molecule has 2 N–H and O–H groups in total. The lowest BCUT2D eigenvalue weighted by molar-refractivity contribution is -0.199. The minimum atomic E-state index is -0.679. The highest BCUT2D eigenvalue weighted by molar-refractivity contribution is 4.80. The van der Waals surface area contributed by atoms with Gasteiger partial charge < -0.3 is 19.7 Å². The minimum absolute atomic E-state index is 0.0946. The largest absolute Gasteiger partial charge is 0.394 e. The average molecular weight is 204 g/mol. The Hall–Kier alpha value is -0.160. The summed E-state index contributed by atoms with van der Waals surface area (Å²) in [6, 6.07) is 0. The molecular formula is C10H20O4. The molecule has 2 unspecified atom stereocenters. The smallest absolute Gasteiger partial charge is 0.170 e. The molecule has 4 nitrogen and oxygen atoms in total. The number of ether oxygens (including phenoxy) is 2. The van der Waals surface area contributed by atoms with Crippen LogP contribution in [0, 0.1) is 5.92 Å². The van der Waals surface area contributed by atoms with Crippen LogP contribution in [0.1, 0.15) is 26.7 Å². The van der Waals surface area contributed by atoms with Crippen molar-refractivity contribution in [2.75, 3.05) is 19.8 Å². The molecule has 0 radical (unpaired) electrons. The van der Waals surface area contributed by atoms with Crippen LogP contribution in [0.25, 0.3) is 0 Å². The molecule has 0 aromatic rings. The van der Waals surface area contributed by atoms with Crippen molar-refractivity contribution >= 4 is 0 Å². The van der Waals surface area contributed by atoms with E-state index in [0.717, 1.165) is 6.42 Å². The van der Waals surface area contributed by atoms with Gasteiger partial charge in [-0.2, -0.15) is 0 Å². The monoisotopic (exact) mass is 204 g/mol. The van der Waals surface area contributed by atoms with Crippen LogP contribution in [0.3, 0.4) is 0 Å². The van der Waals surface area contributed by atoms with Gasteiger partial charge in [-0.15, -0.1) is 0 Å². The Labute approximate surface area is 84.8 Å². The molecule has 1 saturated heterocycles. The van der Waals surface area contributed by atoms with Crippen molar-refractivity contribution in [2.24, 2.45) is 5.92 Å². The molecule has 4 heteroatoms. The molecule has 1 aliphatic heterocycles. The third-order valence-electron chi connectivity index (χ3n) is 2.86. The molecule has 0 spiro atoms. The molecule has 84 valence electrons. The van der Waals surface area contributed by atoms with Crippen molar-refractivity contribution in [3.8, 4) is 0 Å². The molecule has 0 aromatic heterocycles. The van der Waals surface area contributed by atoms with Gasteiger partial charge in [0.05, 0.1) is 25.9 Å². The van der Waals surface area contributed by atoms with Gasteiger partial charge in [-0.1, -0.05) is 13.8 Å². The van der Waals surface area contributed by atoms with Crippen LogP contribution < -0.4 is 0 Å². The van der Waals surface area contributed by atoms with Crippen LogP contribution in [0.15, 0.2) is 0 Å². The predicted octanol–water partition coefficient (Wildman–Crippen LogP) is 0.519. The zero-order valence-corrected chi connectivity index (χ0v) is 8.90. The highest BCUT2D eigenvalue weighted by atomic mass is 16.7. The van der Waals surface area contributed by atoms with Crippen molar-refractivity contribution in [2.45, 2.75) is 38.6 Å². The normalized spacial score (nSPS) is 24.9. The summed E-state index contributed by atoms with van der Waals surface area (Å²) in [7, 11) is 0. The standard InChI is InChI=1S/C10H20O4/c1-3-10(13-4-5-14-10)8(2)6-9(12)7-11/h8-9,11-12H,3-7H2,1-2H3. The highest BCUT2D eigenvalue weighted by Gasteiger charge is 2.40. The Balaban J connectivity index is 2.51. The molecule has 0 saturated carbocycles. The topological polar surface area (TPSA) is 58.9 Å². The maximum atomic E-state index is 9.34. The fourth-order valence-corrected chi connectivity index (χ4v) is 1.97. The van der Waals surface area contributed by atoms with Crippen molar-refractivity contribution in [1.29, 1.82) is 0 Å². The lowest BCUT2D eigenvalue weighted by Crippen LogP contribution is -2.39. The summed E-state index contributed by atoms with van der Waals surface area (Å²) >= 11 is 0. The molecule has 0 bridgehead atoms. The van der Waals surface area contributed by atoms with Gasteiger partial charge in [-0.3, -0.25) is 0 Å². The van der Waals surface area contributed by atoms with Gasteiger partial charge in [0, 0.05) is 5.92 Å². The molecule has 14 heavy (non-hydrogen) atoms. The maximum Gasteiger partial charge on any atom is 0.170 e. The van der Waals surface area contributed by atoms with E-state index in [0.29, 0.717) is 19.6 Å². The van der Waals surface area contributed by atoms with E-state index < -0.39 is 11.9 Å². The van der Waals surface area contributed by atoms with Gasteiger partial charge in [0.1, 0.15) is 0 Å². The SMILES string of the molecule is CCC1(C(C)CC(O)CO)OCCO1. The first-order valence-corrected chi connectivity index (χ1v) is 5.21. The van der Waals surface area contributed by atoms with Gasteiger partial charge >= 0.3 is 0 Å². The van der Waals surface area contributed by atoms with Crippen molar-refractivity contribution in [3.05, 3.63) is 0 Å². The van der Waals surface area contributed by atoms with Crippen LogP contribution in [-0.4, -0.2) is 41.9 Å². The Morgan fingerprint density at radius 1 is 1.36 bits per heavy atom. The van der Waals surface area contributed by atoms with E-state index in [1.165, 1.54) is 0 Å². The third-order valence-corrected chi connectivity index (χ3v) is 2.86. The number of hydrogen-bond acceptors (Lipinski definition) is 4. The third kappa shape index (κ3) is 2.45. The minimum Gasteiger partial charge on any atom is -0.394 e. The predicted molar refractivity (Wildman–Crippen MR) is 51.8 cm³/mol. The van der Waals surface area contributed by atoms with Crippen LogP contribution in [-0.2, 0) is 9.47 Å². The molecule has 1 aliphatic rings. The van der Waals surface area contributed by atoms with E-state index in [1.807, 2.05) is 13.8 Å². The molecule has 0 amide bonds. The summed E-state index contributed by atoms with van der Waals surface area (Å²) in [6.07, 6.45) is 0.595. The number of rotatable bonds is 5. The van der Waals surface area contributed by atoms with Crippen LogP contribution in [0.2, 0.25) is 0 Å². The Morgan fingerprint density at radius 3 is 2.36 bits per heavy atom. The van der Waals surface area contributed by atoms with Crippen molar-refractivity contribution < 1.29 is 19.7 Å². The Bertz CT molecular complexity index is 166. The zero-order valence-electron chi connectivity index (χ0n) is 8.90. The van der Waals surface area contributed by atoms with Gasteiger partial charge in [-0.25, -0.2) is 0 Å². The first kappa shape index (κ1) is 11.9. The second-order valence-corrected chi connectivity index (χ2v) is 3.84. The molecule has 0 aliphatic carbocycles. The second-order valence-electron chi connectivity index (χ2n) is 3.84. The number of aliphatic hydroxyl groups excluding tert-OH is 2. The summed E-state index contributed by atoms with van der Waals surface area (Å²) in [6.45, 7) is 5.02. The van der Waals surface area contributed by atoms with Crippen molar-refractivity contribution in [1.82, 2.24) is 0 Å². The van der Waals surface area contributed by atoms with Gasteiger partial charge in [0.15, 0.2) is 5.79 Å². The summed E-state index contributed by atoms with van der Waals surface area (Å²) in [5.41, 5.74) is 0. The molecule has 0 aromatic carbocycles.